The molecule has 2 heteroatoms. The van der Waals surface area contributed by atoms with E-state index in [1.54, 1.807) is 0 Å². The summed E-state index contributed by atoms with van der Waals surface area (Å²) in [5, 5.41) is 0. The van der Waals surface area contributed by atoms with Gasteiger partial charge in [0.25, 0.3) is 0 Å². The smallest absolute Gasteiger partial charge is 0.0689 e. The van der Waals surface area contributed by atoms with E-state index >= 15 is 0 Å². The van der Waals surface area contributed by atoms with Gasteiger partial charge in [-0.25, -0.2) is 0 Å². The molecule has 1 aliphatic heterocycles. The van der Waals surface area contributed by atoms with Crippen molar-refractivity contribution in [3.8, 4) is 0 Å². The Hall–Kier alpha value is -2.22. The van der Waals surface area contributed by atoms with Crippen molar-refractivity contribution in [2.24, 2.45) is 4.99 Å². The first-order valence-electron chi connectivity index (χ1n) is 6.69. The number of hydrogen-bond donors (Lipinski definition) is 0. The SMILES string of the molecule is c1ccc2c(c1)CCC1=C(c3ccncc3)CN=C12. The highest BCUT2D eigenvalue weighted by molar-refractivity contribution is 6.20. The van der Waals surface area contributed by atoms with E-state index < -0.39 is 0 Å². The van der Waals surface area contributed by atoms with E-state index in [1.165, 1.54) is 33.5 Å². The number of aromatic nitrogens is 1. The van der Waals surface area contributed by atoms with Gasteiger partial charge in [-0.15, -0.1) is 0 Å². The highest BCUT2D eigenvalue weighted by atomic mass is 14.8. The van der Waals surface area contributed by atoms with Crippen LogP contribution >= 0.6 is 0 Å². The molecule has 2 heterocycles. The Bertz CT molecular complexity index is 696. The minimum Gasteiger partial charge on any atom is -0.280 e. The van der Waals surface area contributed by atoms with Gasteiger partial charge in [-0.2, -0.15) is 0 Å². The normalized spacial score (nSPS) is 16.9. The monoisotopic (exact) mass is 246 g/mol. The molecule has 2 nitrogen and oxygen atoms in total. The van der Waals surface area contributed by atoms with Crippen molar-refractivity contribution in [2.75, 3.05) is 6.54 Å². The van der Waals surface area contributed by atoms with Gasteiger partial charge in [0, 0.05) is 18.0 Å². The van der Waals surface area contributed by atoms with Gasteiger partial charge in [-0.1, -0.05) is 24.3 Å². The van der Waals surface area contributed by atoms with Crippen LogP contribution in [0, 0.1) is 0 Å². The van der Waals surface area contributed by atoms with Crippen LogP contribution in [-0.4, -0.2) is 17.2 Å². The summed E-state index contributed by atoms with van der Waals surface area (Å²) in [5.74, 6) is 0. The van der Waals surface area contributed by atoms with Gasteiger partial charge in [-0.3, -0.25) is 9.98 Å². The number of fused-ring (bicyclic) bond motifs is 3. The van der Waals surface area contributed by atoms with Crippen LogP contribution in [0.1, 0.15) is 23.1 Å². The maximum Gasteiger partial charge on any atom is 0.0689 e. The molecule has 0 saturated heterocycles. The molecule has 4 rings (SSSR count). The molecule has 2 aromatic rings. The van der Waals surface area contributed by atoms with E-state index in [0.717, 1.165) is 19.4 Å². The first kappa shape index (κ1) is 10.7. The summed E-state index contributed by atoms with van der Waals surface area (Å²) in [4.78, 5) is 8.88. The first-order chi connectivity index (χ1) is 9.43. The van der Waals surface area contributed by atoms with Crippen molar-refractivity contribution in [1.29, 1.82) is 0 Å². The van der Waals surface area contributed by atoms with E-state index in [-0.39, 0.29) is 0 Å². The molecule has 0 spiro atoms. The molecule has 0 saturated carbocycles. The summed E-state index contributed by atoms with van der Waals surface area (Å²) in [5.41, 5.74) is 8.06. The zero-order chi connectivity index (χ0) is 12.7. The Kier molecular flexibility index (Phi) is 2.34. The Morgan fingerprint density at radius 3 is 2.58 bits per heavy atom. The molecule has 0 bridgehead atoms. The predicted octanol–water partition coefficient (Wildman–Crippen LogP) is 3.28. The second kappa shape index (κ2) is 4.16. The number of pyridine rings is 1. The molecule has 0 radical (unpaired) electrons. The van der Waals surface area contributed by atoms with Crippen LogP contribution < -0.4 is 0 Å². The Balaban J connectivity index is 1.85. The van der Waals surface area contributed by atoms with Crippen LogP contribution in [0.2, 0.25) is 0 Å². The van der Waals surface area contributed by atoms with E-state index in [0.29, 0.717) is 0 Å². The van der Waals surface area contributed by atoms with Crippen LogP contribution in [0.3, 0.4) is 0 Å². The number of aryl methyl sites for hydroxylation is 1. The van der Waals surface area contributed by atoms with E-state index in [1.807, 2.05) is 12.4 Å². The second-order valence-electron chi connectivity index (χ2n) is 5.01. The largest absolute Gasteiger partial charge is 0.280 e. The molecule has 1 aromatic carbocycles. The molecule has 0 N–H and O–H groups in total. The predicted molar refractivity (Wildman–Crippen MR) is 77.3 cm³/mol. The average Bonchev–Trinajstić information content (AvgIpc) is 2.92. The van der Waals surface area contributed by atoms with Crippen molar-refractivity contribution in [3.63, 3.8) is 0 Å². The third-order valence-electron chi connectivity index (χ3n) is 3.99. The third-order valence-corrected chi connectivity index (χ3v) is 3.99. The molecule has 0 atom stereocenters. The van der Waals surface area contributed by atoms with E-state index in [2.05, 4.69) is 41.4 Å². The standard InChI is InChI=1S/C17H14N2/c1-2-4-14-12(3-1)5-6-15-16(11-19-17(14)15)13-7-9-18-10-8-13/h1-4,7-10H,5-6,11H2. The molecule has 92 valence electrons. The molecule has 1 aliphatic carbocycles. The molecular weight excluding hydrogens is 232 g/mol. The van der Waals surface area contributed by atoms with Crippen molar-refractivity contribution in [2.45, 2.75) is 12.8 Å². The summed E-state index contributed by atoms with van der Waals surface area (Å²) in [6.45, 7) is 0.809. The molecule has 1 aromatic heterocycles. The maximum atomic E-state index is 4.78. The quantitative estimate of drug-likeness (QED) is 0.758. The van der Waals surface area contributed by atoms with Crippen LogP contribution in [0.5, 0.6) is 0 Å². The van der Waals surface area contributed by atoms with Gasteiger partial charge in [0.2, 0.25) is 0 Å². The Labute approximate surface area is 112 Å². The minimum atomic E-state index is 0.809. The van der Waals surface area contributed by atoms with E-state index in [9.17, 15) is 0 Å². The van der Waals surface area contributed by atoms with E-state index in [4.69, 9.17) is 4.99 Å². The van der Waals surface area contributed by atoms with Crippen LogP contribution in [0.25, 0.3) is 5.57 Å². The highest BCUT2D eigenvalue weighted by Crippen LogP contribution is 2.35. The van der Waals surface area contributed by atoms with Gasteiger partial charge in [0.1, 0.15) is 0 Å². The van der Waals surface area contributed by atoms with Gasteiger partial charge < -0.3 is 0 Å². The fraction of sp³-hybridized carbons (Fsp3) is 0.176. The minimum absolute atomic E-state index is 0.809. The lowest BCUT2D eigenvalue weighted by Crippen LogP contribution is -2.13. The summed E-state index contributed by atoms with van der Waals surface area (Å²) >= 11 is 0. The molecule has 0 amide bonds. The highest BCUT2D eigenvalue weighted by Gasteiger charge is 2.26. The van der Waals surface area contributed by atoms with Crippen molar-refractivity contribution < 1.29 is 0 Å². The van der Waals surface area contributed by atoms with Crippen molar-refractivity contribution in [3.05, 3.63) is 71.1 Å². The molecule has 0 unspecified atom stereocenters. The fourth-order valence-electron chi connectivity index (χ4n) is 3.06. The van der Waals surface area contributed by atoms with Crippen molar-refractivity contribution >= 4 is 11.3 Å². The number of rotatable bonds is 1. The van der Waals surface area contributed by atoms with Crippen LogP contribution in [-0.2, 0) is 6.42 Å². The summed E-state index contributed by atoms with van der Waals surface area (Å²) in [7, 11) is 0. The Morgan fingerprint density at radius 1 is 0.842 bits per heavy atom. The van der Waals surface area contributed by atoms with Gasteiger partial charge in [0.15, 0.2) is 0 Å². The van der Waals surface area contributed by atoms with Crippen LogP contribution in [0.4, 0.5) is 0 Å². The zero-order valence-electron chi connectivity index (χ0n) is 10.6. The topological polar surface area (TPSA) is 25.2 Å². The number of nitrogens with zero attached hydrogens (tertiary/aromatic N) is 2. The maximum absolute atomic E-state index is 4.78. The summed E-state index contributed by atoms with van der Waals surface area (Å²) in [6, 6.07) is 12.8. The molecule has 0 fully saturated rings. The first-order valence-corrected chi connectivity index (χ1v) is 6.69. The third kappa shape index (κ3) is 1.64. The average molecular weight is 246 g/mol. The zero-order valence-corrected chi connectivity index (χ0v) is 10.6. The lowest BCUT2D eigenvalue weighted by Gasteiger charge is -2.19. The molecule has 2 aliphatic rings. The number of hydrogen-bond acceptors (Lipinski definition) is 2. The van der Waals surface area contributed by atoms with Crippen LogP contribution in [0.15, 0.2) is 59.4 Å². The second-order valence-corrected chi connectivity index (χ2v) is 5.01. The summed E-state index contributed by atoms with van der Waals surface area (Å²) < 4.78 is 0. The van der Waals surface area contributed by atoms with Gasteiger partial charge >= 0.3 is 0 Å². The van der Waals surface area contributed by atoms with Crippen molar-refractivity contribution in [1.82, 2.24) is 4.98 Å². The Morgan fingerprint density at radius 2 is 1.68 bits per heavy atom. The number of aliphatic imine (C=N–C) groups is 1. The number of allylic oxidation sites excluding steroid dienone is 1. The summed E-state index contributed by atoms with van der Waals surface area (Å²) in [6.07, 6.45) is 5.95. The van der Waals surface area contributed by atoms with Gasteiger partial charge in [-0.05, 0) is 47.2 Å². The fourth-order valence-corrected chi connectivity index (χ4v) is 3.06. The number of benzene rings is 1. The molecular formula is C17H14N2. The lowest BCUT2D eigenvalue weighted by atomic mass is 9.84. The molecule has 19 heavy (non-hydrogen) atoms. The lowest BCUT2D eigenvalue weighted by molar-refractivity contribution is 0.957. The van der Waals surface area contributed by atoms with Gasteiger partial charge in [0.05, 0.1) is 12.3 Å².